The molecule has 0 fully saturated rings. The summed E-state index contributed by atoms with van der Waals surface area (Å²) < 4.78 is 5.36. The lowest BCUT2D eigenvalue weighted by Gasteiger charge is -2.14. The van der Waals surface area contributed by atoms with Crippen molar-refractivity contribution in [1.82, 2.24) is 0 Å². The number of fused-ring (bicyclic) bond motifs is 1. The normalized spacial score (nSPS) is 14.0. The molecule has 35 heavy (non-hydrogen) atoms. The lowest BCUT2D eigenvalue weighted by Crippen LogP contribution is -2.36. The number of carbonyl (C=O) groups is 3. The summed E-state index contributed by atoms with van der Waals surface area (Å²) in [6, 6.07) is 24.8. The summed E-state index contributed by atoms with van der Waals surface area (Å²) in [5.74, 6) is -1.05. The molecule has 0 atom stereocenters. The van der Waals surface area contributed by atoms with Crippen LogP contribution in [0.25, 0.3) is 11.3 Å². The number of thiophene rings is 1. The Balaban J connectivity index is 1.53. The highest BCUT2D eigenvalue weighted by Gasteiger charge is 2.40. The zero-order valence-corrected chi connectivity index (χ0v) is 19.5. The Bertz CT molecular complexity index is 1490. The molecule has 6 nitrogen and oxygen atoms in total. The van der Waals surface area contributed by atoms with E-state index in [-0.39, 0.29) is 34.1 Å². The van der Waals surface area contributed by atoms with Crippen molar-refractivity contribution in [2.45, 2.75) is 0 Å². The number of aliphatic hydroxyl groups is 1. The van der Waals surface area contributed by atoms with Crippen LogP contribution < -0.4 is 9.64 Å². The SMILES string of the molecule is O=C(c1ccccc1)c1ccc(C(O)=C2C(=O)N(C(=O)Oc3ccccc3)c3ccc(Cl)cc32)s1. The van der Waals surface area contributed by atoms with Crippen molar-refractivity contribution in [3.05, 3.63) is 117 Å². The number of amides is 2. The average molecular weight is 502 g/mol. The fourth-order valence-electron chi connectivity index (χ4n) is 3.73. The first-order valence-electron chi connectivity index (χ1n) is 10.5. The van der Waals surface area contributed by atoms with Crippen molar-refractivity contribution in [1.29, 1.82) is 0 Å². The minimum Gasteiger partial charge on any atom is -0.506 e. The molecule has 1 aliphatic rings. The van der Waals surface area contributed by atoms with E-state index in [2.05, 4.69) is 0 Å². The second-order valence-corrected chi connectivity index (χ2v) is 9.09. The largest absolute Gasteiger partial charge is 0.506 e. The van der Waals surface area contributed by atoms with E-state index >= 15 is 0 Å². The van der Waals surface area contributed by atoms with E-state index in [1.54, 1.807) is 66.7 Å². The third-order valence-electron chi connectivity index (χ3n) is 5.35. The first-order chi connectivity index (χ1) is 16.9. The first-order valence-corrected chi connectivity index (χ1v) is 11.7. The molecular formula is C27H16ClNO5S. The van der Waals surface area contributed by atoms with E-state index in [0.29, 0.717) is 20.3 Å². The number of imide groups is 1. The van der Waals surface area contributed by atoms with Crippen molar-refractivity contribution in [2.24, 2.45) is 0 Å². The third kappa shape index (κ3) is 4.23. The van der Waals surface area contributed by atoms with Gasteiger partial charge in [-0.1, -0.05) is 60.1 Å². The number of ketones is 1. The van der Waals surface area contributed by atoms with Crippen LogP contribution in [0.2, 0.25) is 5.02 Å². The molecule has 3 aromatic carbocycles. The van der Waals surface area contributed by atoms with Gasteiger partial charge in [0.05, 0.1) is 21.0 Å². The van der Waals surface area contributed by atoms with Gasteiger partial charge in [0.15, 0.2) is 0 Å². The fourth-order valence-corrected chi connectivity index (χ4v) is 4.82. The van der Waals surface area contributed by atoms with Crippen LogP contribution >= 0.6 is 22.9 Å². The summed E-state index contributed by atoms with van der Waals surface area (Å²) in [6.45, 7) is 0. The van der Waals surface area contributed by atoms with Gasteiger partial charge >= 0.3 is 6.09 Å². The summed E-state index contributed by atoms with van der Waals surface area (Å²) in [7, 11) is 0. The Kier molecular flexibility index (Phi) is 5.94. The third-order valence-corrected chi connectivity index (χ3v) is 6.68. The van der Waals surface area contributed by atoms with Gasteiger partial charge in [0.1, 0.15) is 11.5 Å². The van der Waals surface area contributed by atoms with Crippen molar-refractivity contribution >= 4 is 57.7 Å². The van der Waals surface area contributed by atoms with Gasteiger partial charge in [-0.15, -0.1) is 11.3 Å². The summed E-state index contributed by atoms with van der Waals surface area (Å²) in [6.07, 6.45) is -0.918. The Morgan fingerprint density at radius 2 is 1.51 bits per heavy atom. The Labute approximate surface area is 209 Å². The summed E-state index contributed by atoms with van der Waals surface area (Å²) >= 11 is 7.21. The summed E-state index contributed by atoms with van der Waals surface area (Å²) in [5.41, 5.74) is 0.929. The van der Waals surface area contributed by atoms with Crippen LogP contribution in [-0.2, 0) is 4.79 Å². The van der Waals surface area contributed by atoms with Gasteiger partial charge in [-0.05, 0) is 42.5 Å². The van der Waals surface area contributed by atoms with Gasteiger partial charge in [-0.25, -0.2) is 9.69 Å². The maximum Gasteiger partial charge on any atom is 0.426 e. The van der Waals surface area contributed by atoms with Crippen LogP contribution in [0.4, 0.5) is 10.5 Å². The zero-order valence-electron chi connectivity index (χ0n) is 18.0. The smallest absolute Gasteiger partial charge is 0.426 e. The summed E-state index contributed by atoms with van der Waals surface area (Å²) in [5, 5.41) is 11.4. The van der Waals surface area contributed by atoms with Crippen molar-refractivity contribution < 1.29 is 24.2 Å². The molecule has 1 aromatic heterocycles. The van der Waals surface area contributed by atoms with Crippen molar-refractivity contribution in [2.75, 3.05) is 4.90 Å². The molecule has 4 aromatic rings. The van der Waals surface area contributed by atoms with Crippen LogP contribution in [0, 0.1) is 0 Å². The fraction of sp³-hybridized carbons (Fsp3) is 0. The number of halogens is 1. The van der Waals surface area contributed by atoms with E-state index in [4.69, 9.17) is 16.3 Å². The molecule has 0 saturated heterocycles. The molecule has 0 radical (unpaired) electrons. The number of carbonyl (C=O) groups excluding carboxylic acids is 3. The lowest BCUT2D eigenvalue weighted by atomic mass is 10.1. The maximum absolute atomic E-state index is 13.4. The van der Waals surface area contributed by atoms with Crippen LogP contribution in [0.15, 0.2) is 91.0 Å². The van der Waals surface area contributed by atoms with Gasteiger partial charge in [0.2, 0.25) is 5.78 Å². The molecule has 0 saturated carbocycles. The number of hydrogen-bond donors (Lipinski definition) is 1. The van der Waals surface area contributed by atoms with E-state index in [1.807, 2.05) is 6.07 Å². The second-order valence-electron chi connectivity index (χ2n) is 7.57. The molecule has 0 unspecified atom stereocenters. The summed E-state index contributed by atoms with van der Waals surface area (Å²) in [4.78, 5) is 40.7. The highest BCUT2D eigenvalue weighted by Crippen LogP contribution is 2.43. The highest BCUT2D eigenvalue weighted by atomic mass is 35.5. The van der Waals surface area contributed by atoms with Gasteiger partial charge in [-0.3, -0.25) is 9.59 Å². The number of rotatable bonds is 4. The molecule has 2 amide bonds. The standard InChI is InChI=1S/C27H16ClNO5S/c28-17-11-12-20-19(15-17)23(26(32)29(20)27(33)34-18-9-5-2-6-10-18)25(31)22-14-13-21(35-22)24(30)16-7-3-1-4-8-16/h1-15,31H. The highest BCUT2D eigenvalue weighted by molar-refractivity contribution is 7.15. The first kappa shape index (κ1) is 22.6. The number of hydrogen-bond acceptors (Lipinski definition) is 6. The van der Waals surface area contributed by atoms with E-state index in [0.717, 1.165) is 16.2 Å². The van der Waals surface area contributed by atoms with Gasteiger partial charge < -0.3 is 9.84 Å². The molecular weight excluding hydrogens is 486 g/mol. The Hall–Kier alpha value is -4.20. The molecule has 1 aliphatic heterocycles. The van der Waals surface area contributed by atoms with E-state index < -0.39 is 12.0 Å². The number of para-hydroxylation sites is 1. The molecule has 0 aliphatic carbocycles. The quantitative estimate of drug-likeness (QED) is 0.193. The molecule has 8 heteroatoms. The minimum absolute atomic E-state index is 0.104. The van der Waals surface area contributed by atoms with Gasteiger partial charge in [0, 0.05) is 16.1 Å². The van der Waals surface area contributed by atoms with E-state index in [1.165, 1.54) is 18.2 Å². The Morgan fingerprint density at radius 3 is 2.23 bits per heavy atom. The number of ether oxygens (including phenoxy) is 1. The van der Waals surface area contributed by atoms with Crippen LogP contribution in [0.3, 0.4) is 0 Å². The topological polar surface area (TPSA) is 83.9 Å². The van der Waals surface area contributed by atoms with Crippen molar-refractivity contribution in [3.8, 4) is 5.75 Å². The monoisotopic (exact) mass is 501 g/mol. The van der Waals surface area contributed by atoms with Gasteiger partial charge in [0.25, 0.3) is 5.91 Å². The molecule has 2 heterocycles. The Morgan fingerprint density at radius 1 is 0.857 bits per heavy atom. The molecule has 5 rings (SSSR count). The number of nitrogens with zero attached hydrogens (tertiary/aromatic N) is 1. The number of aliphatic hydroxyl groups excluding tert-OH is 1. The van der Waals surface area contributed by atoms with Crippen molar-refractivity contribution in [3.63, 3.8) is 0 Å². The van der Waals surface area contributed by atoms with E-state index in [9.17, 15) is 19.5 Å². The molecule has 1 N–H and O–H groups in total. The maximum atomic E-state index is 13.4. The zero-order chi connectivity index (χ0) is 24.5. The average Bonchev–Trinajstić information content (AvgIpc) is 3.47. The molecule has 0 bridgehead atoms. The predicted molar refractivity (Wildman–Crippen MR) is 135 cm³/mol. The van der Waals surface area contributed by atoms with Crippen LogP contribution in [-0.4, -0.2) is 22.9 Å². The minimum atomic E-state index is -0.918. The lowest BCUT2D eigenvalue weighted by molar-refractivity contribution is -0.112. The van der Waals surface area contributed by atoms with Crippen LogP contribution in [0.5, 0.6) is 5.75 Å². The van der Waals surface area contributed by atoms with Gasteiger partial charge in [-0.2, -0.15) is 0 Å². The van der Waals surface area contributed by atoms with Crippen LogP contribution in [0.1, 0.15) is 25.7 Å². The number of anilines is 1. The second kappa shape index (κ2) is 9.21. The predicted octanol–water partition coefficient (Wildman–Crippen LogP) is 6.60. The molecule has 0 spiro atoms. The molecule has 172 valence electrons. The number of benzene rings is 3.